The largest absolute Gasteiger partial charge is 0.300 e. The second-order valence-corrected chi connectivity index (χ2v) is 1.23. The van der Waals surface area contributed by atoms with E-state index in [4.69, 9.17) is 0 Å². The molecule has 0 amide bonds. The van der Waals surface area contributed by atoms with Gasteiger partial charge in [0.25, 0.3) is 0 Å². The number of rotatable bonds is 3. The van der Waals surface area contributed by atoms with Crippen molar-refractivity contribution in [2.24, 2.45) is 0 Å². The molecule has 0 saturated heterocycles. The quantitative estimate of drug-likeness (QED) is 0.523. The first-order chi connectivity index (χ1) is 3.31. The summed E-state index contributed by atoms with van der Waals surface area (Å²) in [4.78, 5) is 10.1. The minimum atomic E-state index is -0.547. The van der Waals surface area contributed by atoms with Gasteiger partial charge in [-0.2, -0.15) is 0 Å². The van der Waals surface area contributed by atoms with Gasteiger partial charge < -0.3 is 0 Å². The Hall–Kier alpha value is -0.400. The first-order valence-electron chi connectivity index (χ1n) is 2.18. The van der Waals surface area contributed by atoms with E-state index in [0.29, 0.717) is 0 Å². The van der Waals surface area contributed by atoms with Crippen LogP contribution >= 0.6 is 0 Å². The maximum absolute atomic E-state index is 11.2. The number of ketones is 1. The number of alkyl halides is 1. The van der Waals surface area contributed by atoms with Crippen LogP contribution in [0.25, 0.3) is 0 Å². The van der Waals surface area contributed by atoms with Gasteiger partial charge in [-0.3, -0.25) is 9.18 Å². The summed E-state index contributed by atoms with van der Waals surface area (Å²) in [5, 5.41) is 0. The van der Waals surface area contributed by atoms with Crippen LogP contribution in [0.2, 0.25) is 0 Å². The molecule has 0 aromatic carbocycles. The second-order valence-electron chi connectivity index (χ2n) is 1.23. The maximum Gasteiger partial charge on any atom is 0.135 e. The molecule has 0 fully saturated rings. The summed E-state index contributed by atoms with van der Waals surface area (Å²) in [7, 11) is 0. The maximum atomic E-state index is 11.2. The van der Waals surface area contributed by atoms with Gasteiger partial charge in [-0.25, -0.2) is 0 Å². The Labute approximate surface area is 42.5 Å². The number of halogens is 1. The van der Waals surface area contributed by atoms with Gasteiger partial charge in [0, 0.05) is 12.8 Å². The van der Waals surface area contributed by atoms with Crippen molar-refractivity contribution in [2.45, 2.75) is 12.8 Å². The van der Waals surface area contributed by atoms with Crippen molar-refractivity contribution < 1.29 is 9.18 Å². The molecule has 0 unspecified atom stereocenters. The minimum Gasteiger partial charge on any atom is -0.300 e. The normalized spacial score (nSPS) is 8.86. The Morgan fingerprint density at radius 2 is 2.29 bits per heavy atom. The molecule has 0 aliphatic rings. The molecule has 2 heteroatoms. The standard InChI is InChI=1S/C5H8FO/c1-2-5(7)3-4-6/h1-4H2. The molecular formula is C5H8FO. The van der Waals surface area contributed by atoms with Gasteiger partial charge in [0.2, 0.25) is 0 Å². The summed E-state index contributed by atoms with van der Waals surface area (Å²) in [6, 6.07) is 0. The first-order valence-corrected chi connectivity index (χ1v) is 2.18. The smallest absolute Gasteiger partial charge is 0.135 e. The van der Waals surface area contributed by atoms with E-state index in [1.165, 1.54) is 0 Å². The Morgan fingerprint density at radius 1 is 1.71 bits per heavy atom. The van der Waals surface area contributed by atoms with Gasteiger partial charge in [-0.05, 0) is 6.92 Å². The van der Waals surface area contributed by atoms with Crippen molar-refractivity contribution in [3.05, 3.63) is 6.92 Å². The number of hydrogen-bond acceptors (Lipinski definition) is 1. The molecule has 0 aromatic heterocycles. The van der Waals surface area contributed by atoms with Crippen molar-refractivity contribution in [2.75, 3.05) is 6.67 Å². The zero-order chi connectivity index (χ0) is 5.70. The van der Waals surface area contributed by atoms with Crippen LogP contribution in [0, 0.1) is 6.92 Å². The van der Waals surface area contributed by atoms with Gasteiger partial charge in [0.05, 0.1) is 6.67 Å². The third kappa shape index (κ3) is 3.43. The molecule has 0 aliphatic heterocycles. The van der Waals surface area contributed by atoms with Crippen LogP contribution in [0.4, 0.5) is 4.39 Å². The Bertz CT molecular complexity index is 61.1. The van der Waals surface area contributed by atoms with Gasteiger partial charge >= 0.3 is 0 Å². The lowest BCUT2D eigenvalue weighted by molar-refractivity contribution is -0.118. The van der Waals surface area contributed by atoms with Crippen molar-refractivity contribution >= 4 is 5.78 Å². The van der Waals surface area contributed by atoms with Crippen LogP contribution in [-0.2, 0) is 4.79 Å². The number of carbonyl (C=O) groups is 1. The molecule has 0 spiro atoms. The highest BCUT2D eigenvalue weighted by Gasteiger charge is 1.93. The van der Waals surface area contributed by atoms with E-state index in [1.807, 2.05) is 0 Å². The average molecular weight is 103 g/mol. The lowest BCUT2D eigenvalue weighted by atomic mass is 10.2. The molecule has 0 bridgehead atoms. The van der Waals surface area contributed by atoms with Crippen molar-refractivity contribution in [1.29, 1.82) is 0 Å². The Kier molecular flexibility index (Phi) is 3.56. The summed E-state index contributed by atoms with van der Waals surface area (Å²) in [5.41, 5.74) is 0. The summed E-state index contributed by atoms with van der Waals surface area (Å²) in [5.74, 6) is -0.109. The SMILES string of the molecule is [CH2]CC(=O)CCF. The lowest BCUT2D eigenvalue weighted by Gasteiger charge is -1.85. The van der Waals surface area contributed by atoms with E-state index in [-0.39, 0.29) is 18.6 Å². The van der Waals surface area contributed by atoms with Gasteiger partial charge in [0.15, 0.2) is 0 Å². The van der Waals surface area contributed by atoms with Crippen LogP contribution in [0.15, 0.2) is 0 Å². The molecule has 41 valence electrons. The molecular weight excluding hydrogens is 95.1 g/mol. The molecule has 0 heterocycles. The fraction of sp³-hybridized carbons (Fsp3) is 0.600. The summed E-state index contributed by atoms with van der Waals surface area (Å²) < 4.78 is 11.2. The highest BCUT2D eigenvalue weighted by atomic mass is 19.1. The van der Waals surface area contributed by atoms with Gasteiger partial charge in [-0.15, -0.1) is 0 Å². The molecule has 0 atom stereocenters. The fourth-order valence-corrected chi connectivity index (χ4v) is 0.230. The van der Waals surface area contributed by atoms with E-state index < -0.39 is 6.67 Å². The van der Waals surface area contributed by atoms with E-state index in [1.54, 1.807) is 0 Å². The topological polar surface area (TPSA) is 17.1 Å². The van der Waals surface area contributed by atoms with Crippen LogP contribution in [0.1, 0.15) is 12.8 Å². The number of Topliss-reactive ketones (excluding diaryl/α,β-unsaturated/α-hetero) is 1. The zero-order valence-electron chi connectivity index (χ0n) is 4.11. The Morgan fingerprint density at radius 3 is 2.43 bits per heavy atom. The number of carbonyl (C=O) groups excluding carboxylic acids is 1. The monoisotopic (exact) mass is 103 g/mol. The zero-order valence-corrected chi connectivity index (χ0v) is 4.11. The predicted octanol–water partition coefficient (Wildman–Crippen LogP) is 1.14. The van der Waals surface area contributed by atoms with Gasteiger partial charge in [0.1, 0.15) is 5.78 Å². The van der Waals surface area contributed by atoms with Crippen molar-refractivity contribution in [1.82, 2.24) is 0 Å². The van der Waals surface area contributed by atoms with Crippen LogP contribution in [-0.4, -0.2) is 12.5 Å². The van der Waals surface area contributed by atoms with E-state index in [0.717, 1.165) is 0 Å². The van der Waals surface area contributed by atoms with Crippen LogP contribution in [0.3, 0.4) is 0 Å². The van der Waals surface area contributed by atoms with Crippen molar-refractivity contribution in [3.8, 4) is 0 Å². The molecule has 0 aliphatic carbocycles. The third-order valence-electron chi connectivity index (χ3n) is 0.652. The van der Waals surface area contributed by atoms with Crippen molar-refractivity contribution in [3.63, 3.8) is 0 Å². The molecule has 0 N–H and O–H groups in total. The highest BCUT2D eigenvalue weighted by Crippen LogP contribution is 1.86. The minimum absolute atomic E-state index is 0.0312. The molecule has 7 heavy (non-hydrogen) atoms. The summed E-state index contributed by atoms with van der Waals surface area (Å²) in [6.45, 7) is 2.74. The molecule has 1 radical (unpaired) electrons. The first kappa shape index (κ1) is 6.60. The van der Waals surface area contributed by atoms with Gasteiger partial charge in [-0.1, -0.05) is 0 Å². The lowest BCUT2D eigenvalue weighted by Crippen LogP contribution is -1.94. The van der Waals surface area contributed by atoms with E-state index in [2.05, 4.69) is 6.92 Å². The molecule has 1 nitrogen and oxygen atoms in total. The molecule has 0 rings (SSSR count). The Balaban J connectivity index is 3.00. The van der Waals surface area contributed by atoms with E-state index in [9.17, 15) is 9.18 Å². The average Bonchev–Trinajstić information content (AvgIpc) is 1.68. The van der Waals surface area contributed by atoms with E-state index >= 15 is 0 Å². The number of hydrogen-bond donors (Lipinski definition) is 0. The molecule has 0 saturated carbocycles. The fourth-order valence-electron chi connectivity index (χ4n) is 0.230. The summed E-state index contributed by atoms with van der Waals surface area (Å²) >= 11 is 0. The predicted molar refractivity (Wildman–Crippen MR) is 25.6 cm³/mol. The van der Waals surface area contributed by atoms with Crippen LogP contribution in [0.5, 0.6) is 0 Å². The molecule has 0 aromatic rings. The summed E-state index contributed by atoms with van der Waals surface area (Å²) in [6.07, 6.45) is 0.243. The third-order valence-corrected chi connectivity index (χ3v) is 0.652. The van der Waals surface area contributed by atoms with Crippen LogP contribution < -0.4 is 0 Å². The second kappa shape index (κ2) is 3.78. The highest BCUT2D eigenvalue weighted by molar-refractivity contribution is 5.78.